The van der Waals surface area contributed by atoms with E-state index >= 15 is 0 Å². The van der Waals surface area contributed by atoms with E-state index in [2.05, 4.69) is 4.90 Å². The van der Waals surface area contributed by atoms with Crippen molar-refractivity contribution < 1.29 is 14.6 Å². The van der Waals surface area contributed by atoms with Gasteiger partial charge in [0, 0.05) is 6.04 Å². The maximum atomic E-state index is 12.1. The van der Waals surface area contributed by atoms with Gasteiger partial charge in [0.05, 0.1) is 14.2 Å². The predicted molar refractivity (Wildman–Crippen MR) is 116 cm³/mol. The van der Waals surface area contributed by atoms with E-state index in [-0.39, 0.29) is 0 Å². The second-order valence-electron chi connectivity index (χ2n) is 8.52. The summed E-state index contributed by atoms with van der Waals surface area (Å²) in [5, 5.41) is 12.1. The molecule has 2 atom stereocenters. The Morgan fingerprint density at radius 3 is 1.93 bits per heavy atom. The Hall–Kier alpha value is -2.04. The van der Waals surface area contributed by atoms with Gasteiger partial charge in [-0.25, -0.2) is 0 Å². The quantitative estimate of drug-likeness (QED) is 0.777. The predicted octanol–water partition coefficient (Wildman–Crippen LogP) is 4.59. The summed E-state index contributed by atoms with van der Waals surface area (Å²) in [6.07, 6.45) is 7.03. The van der Waals surface area contributed by atoms with Crippen molar-refractivity contribution >= 4 is 0 Å². The molecule has 2 aliphatic rings. The molecule has 0 bridgehead atoms. The second-order valence-corrected chi connectivity index (χ2v) is 8.52. The van der Waals surface area contributed by atoms with Gasteiger partial charge < -0.3 is 19.5 Å². The van der Waals surface area contributed by atoms with Crippen LogP contribution >= 0.6 is 0 Å². The highest BCUT2D eigenvalue weighted by molar-refractivity contribution is 5.41. The van der Waals surface area contributed by atoms with Crippen LogP contribution in [0.25, 0.3) is 0 Å². The molecule has 1 N–H and O–H groups in total. The summed E-state index contributed by atoms with van der Waals surface area (Å²) < 4.78 is 10.7. The number of hydrogen-bond acceptors (Lipinski definition) is 4. The first-order chi connectivity index (χ1) is 14.1. The van der Waals surface area contributed by atoms with Crippen LogP contribution < -0.4 is 9.47 Å². The van der Waals surface area contributed by atoms with Gasteiger partial charge in [-0.3, -0.25) is 0 Å². The largest absolute Gasteiger partial charge is 0.497 e. The first-order valence-electron chi connectivity index (χ1n) is 10.9. The first-order valence-corrected chi connectivity index (χ1v) is 10.9. The normalized spacial score (nSPS) is 22.7. The Bertz CT molecular complexity index is 737. The number of nitrogens with zero attached hydrogens (tertiary/aromatic N) is 1. The number of benzene rings is 2. The van der Waals surface area contributed by atoms with Crippen LogP contribution in [0.15, 0.2) is 48.5 Å². The highest BCUT2D eigenvalue weighted by Gasteiger charge is 2.40. The van der Waals surface area contributed by atoms with Gasteiger partial charge in [-0.15, -0.1) is 0 Å². The molecule has 4 heteroatoms. The topological polar surface area (TPSA) is 41.9 Å². The third kappa shape index (κ3) is 4.15. The van der Waals surface area contributed by atoms with Crippen molar-refractivity contribution in [1.29, 1.82) is 0 Å². The minimum Gasteiger partial charge on any atom is -0.497 e. The van der Waals surface area contributed by atoms with Crippen LogP contribution in [0, 0.1) is 5.92 Å². The molecule has 2 aromatic carbocycles. The molecule has 0 saturated carbocycles. The molecule has 156 valence electrons. The van der Waals surface area contributed by atoms with Crippen LogP contribution in [0.5, 0.6) is 11.5 Å². The molecule has 0 amide bonds. The Morgan fingerprint density at radius 2 is 1.38 bits per heavy atom. The van der Waals surface area contributed by atoms with Crippen LogP contribution in [-0.2, 0) is 5.60 Å². The van der Waals surface area contributed by atoms with Crippen molar-refractivity contribution in [3.05, 3.63) is 59.7 Å². The van der Waals surface area contributed by atoms with Crippen molar-refractivity contribution in [1.82, 2.24) is 4.90 Å². The number of hydrogen-bond donors (Lipinski definition) is 1. The summed E-state index contributed by atoms with van der Waals surface area (Å²) in [5.74, 6) is 2.11. The molecule has 2 saturated heterocycles. The van der Waals surface area contributed by atoms with E-state index in [1.165, 1.54) is 45.2 Å². The Balaban J connectivity index is 1.68. The summed E-state index contributed by atoms with van der Waals surface area (Å²) in [5.41, 5.74) is 0.830. The molecule has 0 radical (unpaired) electrons. The lowest BCUT2D eigenvalue weighted by molar-refractivity contribution is -0.00419. The van der Waals surface area contributed by atoms with E-state index < -0.39 is 5.60 Å². The molecule has 0 unspecified atom stereocenters. The summed E-state index contributed by atoms with van der Waals surface area (Å²) in [4.78, 5) is 2.67. The second kappa shape index (κ2) is 8.76. The molecular formula is C25H33NO3. The van der Waals surface area contributed by atoms with E-state index in [4.69, 9.17) is 9.47 Å². The zero-order valence-corrected chi connectivity index (χ0v) is 17.6. The van der Waals surface area contributed by atoms with E-state index in [1.54, 1.807) is 14.2 Å². The van der Waals surface area contributed by atoms with Gasteiger partial charge in [0.1, 0.15) is 17.1 Å². The lowest BCUT2D eigenvalue weighted by atomic mass is 9.73. The van der Waals surface area contributed by atoms with Gasteiger partial charge in [-0.1, -0.05) is 30.7 Å². The first kappa shape index (κ1) is 20.2. The van der Waals surface area contributed by atoms with Gasteiger partial charge in [-0.05, 0) is 86.5 Å². The third-order valence-electron chi connectivity index (χ3n) is 6.92. The fourth-order valence-corrected chi connectivity index (χ4v) is 5.33. The molecule has 0 aromatic heterocycles. The number of aliphatic hydroxyl groups is 1. The van der Waals surface area contributed by atoms with Crippen LogP contribution in [0.4, 0.5) is 0 Å². The maximum absolute atomic E-state index is 12.1. The standard InChI is InChI=1S/C25H33NO3/c1-28-22-12-8-20(9-13-22)25(27,21-10-14-23(29-2)15-11-21)18-19-6-5-17-26-16-4-3-7-24(19)26/h8-15,19,24,27H,3-7,16-18H2,1-2H3/t19-,24+/m0/s1. The van der Waals surface area contributed by atoms with Gasteiger partial charge in [0.15, 0.2) is 0 Å². The average molecular weight is 396 g/mol. The summed E-state index contributed by atoms with van der Waals surface area (Å²) in [6, 6.07) is 16.4. The Kier molecular flexibility index (Phi) is 6.12. The number of piperidine rings is 2. The fraction of sp³-hybridized carbons (Fsp3) is 0.520. The van der Waals surface area contributed by atoms with Gasteiger partial charge in [-0.2, -0.15) is 0 Å². The monoisotopic (exact) mass is 395 g/mol. The molecule has 0 aliphatic carbocycles. The van der Waals surface area contributed by atoms with Crippen LogP contribution in [-0.4, -0.2) is 43.4 Å². The smallest absolute Gasteiger partial charge is 0.118 e. The molecule has 2 fully saturated rings. The van der Waals surface area contributed by atoms with Gasteiger partial charge in [0.2, 0.25) is 0 Å². The van der Waals surface area contributed by atoms with Crippen molar-refractivity contribution in [3.8, 4) is 11.5 Å². The zero-order chi connectivity index (χ0) is 20.3. The third-order valence-corrected chi connectivity index (χ3v) is 6.92. The lowest BCUT2D eigenvalue weighted by Gasteiger charge is -2.46. The SMILES string of the molecule is COc1ccc(C(O)(C[C@@H]2CCCN3CCCC[C@H]23)c2ccc(OC)cc2)cc1. The number of ether oxygens (including phenoxy) is 2. The summed E-state index contributed by atoms with van der Waals surface area (Å²) in [6.45, 7) is 2.43. The minimum atomic E-state index is -1.02. The van der Waals surface area contributed by atoms with Gasteiger partial charge in [0.25, 0.3) is 0 Å². The lowest BCUT2D eigenvalue weighted by Crippen LogP contribution is -2.49. The highest BCUT2D eigenvalue weighted by atomic mass is 16.5. The molecular weight excluding hydrogens is 362 g/mol. The number of methoxy groups -OCH3 is 2. The van der Waals surface area contributed by atoms with E-state index in [1.807, 2.05) is 48.5 Å². The van der Waals surface area contributed by atoms with Crippen molar-refractivity contribution in [2.45, 2.75) is 50.2 Å². The van der Waals surface area contributed by atoms with Crippen LogP contribution in [0.3, 0.4) is 0 Å². The van der Waals surface area contributed by atoms with Gasteiger partial charge >= 0.3 is 0 Å². The van der Waals surface area contributed by atoms with Crippen molar-refractivity contribution in [2.75, 3.05) is 27.3 Å². The zero-order valence-electron chi connectivity index (χ0n) is 17.6. The van der Waals surface area contributed by atoms with E-state index in [0.29, 0.717) is 12.0 Å². The molecule has 4 rings (SSSR count). The molecule has 29 heavy (non-hydrogen) atoms. The number of rotatable bonds is 6. The summed E-state index contributed by atoms with van der Waals surface area (Å²) >= 11 is 0. The molecule has 4 nitrogen and oxygen atoms in total. The number of fused-ring (bicyclic) bond motifs is 1. The average Bonchev–Trinajstić information content (AvgIpc) is 2.79. The van der Waals surface area contributed by atoms with Crippen molar-refractivity contribution in [3.63, 3.8) is 0 Å². The maximum Gasteiger partial charge on any atom is 0.118 e. The molecule has 2 aromatic rings. The Labute approximate surface area is 174 Å². The van der Waals surface area contributed by atoms with Crippen LogP contribution in [0.2, 0.25) is 0 Å². The molecule has 0 spiro atoms. The molecule has 2 heterocycles. The van der Waals surface area contributed by atoms with E-state index in [0.717, 1.165) is 29.0 Å². The fourth-order valence-electron chi connectivity index (χ4n) is 5.33. The minimum absolute atomic E-state index is 0.498. The van der Waals surface area contributed by atoms with E-state index in [9.17, 15) is 5.11 Å². The highest BCUT2D eigenvalue weighted by Crippen LogP contribution is 2.42. The summed E-state index contributed by atoms with van der Waals surface area (Å²) in [7, 11) is 3.34. The van der Waals surface area contributed by atoms with Crippen molar-refractivity contribution in [2.24, 2.45) is 5.92 Å². The molecule has 2 aliphatic heterocycles. The van der Waals surface area contributed by atoms with Crippen LogP contribution in [0.1, 0.15) is 49.7 Å². The Morgan fingerprint density at radius 1 is 0.828 bits per heavy atom.